The molecule has 130 valence electrons. The lowest BCUT2D eigenvalue weighted by Crippen LogP contribution is -2.08. The fourth-order valence-corrected chi connectivity index (χ4v) is 2.88. The predicted molar refractivity (Wildman–Crippen MR) is 98.5 cm³/mol. The van der Waals surface area contributed by atoms with E-state index in [-0.39, 0.29) is 6.04 Å². The van der Waals surface area contributed by atoms with Crippen molar-refractivity contribution < 1.29 is 13.2 Å². The van der Waals surface area contributed by atoms with Gasteiger partial charge in [0.25, 0.3) is 0 Å². The zero-order valence-corrected chi connectivity index (χ0v) is 14.7. The lowest BCUT2D eigenvalue weighted by atomic mass is 10.1. The molecular weight excluding hydrogens is 340 g/mol. The van der Waals surface area contributed by atoms with Crippen LogP contribution in [0.1, 0.15) is 18.5 Å². The van der Waals surface area contributed by atoms with E-state index in [0.29, 0.717) is 5.69 Å². The molecule has 2 N–H and O–H groups in total. The number of aromatic nitrogens is 2. The molecular formula is C17H18N4O3S. The maximum absolute atomic E-state index is 10.7. The molecule has 0 saturated heterocycles. The van der Waals surface area contributed by atoms with Crippen molar-refractivity contribution in [2.24, 2.45) is 0 Å². The quantitative estimate of drug-likeness (QED) is 0.587. The van der Waals surface area contributed by atoms with Crippen LogP contribution in [0.3, 0.4) is 0 Å². The first-order valence-corrected chi connectivity index (χ1v) is 8.81. The molecule has 0 aliphatic rings. The average Bonchev–Trinajstić information content (AvgIpc) is 2.61. The molecule has 0 aliphatic carbocycles. The van der Waals surface area contributed by atoms with E-state index in [1.165, 1.54) is 6.33 Å². The molecule has 1 unspecified atom stereocenters. The number of benzene rings is 2. The molecule has 0 amide bonds. The van der Waals surface area contributed by atoms with E-state index in [1.54, 1.807) is 19.2 Å². The first-order chi connectivity index (χ1) is 12.1. The summed E-state index contributed by atoms with van der Waals surface area (Å²) >= 11 is 0. The number of anilines is 2. The Hall–Kier alpha value is -2.87. The summed E-state index contributed by atoms with van der Waals surface area (Å²) in [7, 11) is -1.04. The van der Waals surface area contributed by atoms with Gasteiger partial charge in [-0.25, -0.2) is 18.4 Å². The molecule has 1 heterocycles. The third-order valence-corrected chi connectivity index (χ3v) is 4.27. The van der Waals surface area contributed by atoms with Crippen LogP contribution in [0.5, 0.6) is 5.75 Å². The molecule has 0 radical (unpaired) electrons. The summed E-state index contributed by atoms with van der Waals surface area (Å²) in [6.07, 6.45) is 1.51. The smallest absolute Gasteiger partial charge is 0.222 e. The summed E-state index contributed by atoms with van der Waals surface area (Å²) in [6.45, 7) is 2.01. The second kappa shape index (κ2) is 7.35. The Kier molecular flexibility index (Phi) is 4.99. The van der Waals surface area contributed by atoms with Crippen molar-refractivity contribution in [2.45, 2.75) is 13.0 Å². The van der Waals surface area contributed by atoms with Gasteiger partial charge < -0.3 is 10.1 Å². The second-order valence-corrected chi connectivity index (χ2v) is 6.20. The minimum absolute atomic E-state index is 0.0183. The molecule has 0 aliphatic heterocycles. The van der Waals surface area contributed by atoms with Gasteiger partial charge in [0, 0.05) is 23.2 Å². The third kappa shape index (κ3) is 3.97. The maximum Gasteiger partial charge on any atom is 0.222 e. The number of nitrogens with zero attached hydrogens (tertiary/aromatic N) is 2. The fourth-order valence-electron chi connectivity index (χ4n) is 2.52. The minimum atomic E-state index is -2.66. The highest BCUT2D eigenvalue weighted by Gasteiger charge is 2.10. The van der Waals surface area contributed by atoms with Crippen LogP contribution in [0.15, 0.2) is 48.8 Å². The third-order valence-electron chi connectivity index (χ3n) is 3.83. The Morgan fingerprint density at radius 3 is 2.52 bits per heavy atom. The van der Waals surface area contributed by atoms with Crippen molar-refractivity contribution in [1.82, 2.24) is 9.97 Å². The molecule has 7 nitrogen and oxygen atoms in total. The highest BCUT2D eigenvalue weighted by atomic mass is 32.2. The molecule has 0 spiro atoms. The molecule has 25 heavy (non-hydrogen) atoms. The van der Waals surface area contributed by atoms with Gasteiger partial charge >= 0.3 is 0 Å². The molecule has 0 fully saturated rings. The van der Waals surface area contributed by atoms with E-state index in [0.717, 1.165) is 28.0 Å². The molecule has 0 saturated carbocycles. The fraction of sp³-hybridized carbons (Fsp3) is 0.176. The monoisotopic (exact) mass is 358 g/mol. The van der Waals surface area contributed by atoms with Crippen LogP contribution in [-0.4, -0.2) is 25.5 Å². The van der Waals surface area contributed by atoms with Crippen LogP contribution >= 0.6 is 0 Å². The molecule has 3 aromatic rings. The summed E-state index contributed by atoms with van der Waals surface area (Å²) in [6, 6.07) is 12.8. The van der Waals surface area contributed by atoms with Crippen LogP contribution in [-0.2, 0) is 10.9 Å². The Bertz CT molecular complexity index is 950. The van der Waals surface area contributed by atoms with Crippen LogP contribution in [0, 0.1) is 0 Å². The molecule has 1 aromatic heterocycles. The van der Waals surface area contributed by atoms with Gasteiger partial charge in [-0.05, 0) is 36.8 Å². The second-order valence-electron chi connectivity index (χ2n) is 5.46. The summed E-state index contributed by atoms with van der Waals surface area (Å²) in [5, 5.41) is 4.27. The number of hydrogen-bond donors (Lipinski definition) is 3. The number of methoxy groups -OCH3 is 1. The standard InChI is InChI=1S/C17H18N4O3S/c1-11(12-3-5-13(6-4-12)21-25(22)23)20-17-15-8-7-14(24-2)9-16(15)18-10-19-17/h3-11,25H,1-2H3,(H,18,19,20)(H,21,22,23). The number of fused-ring (bicyclic) bond motifs is 1. The topological polar surface area (TPSA) is 93.2 Å². The van der Waals surface area contributed by atoms with Gasteiger partial charge in [-0.3, -0.25) is 4.72 Å². The Labute approximate surface area is 147 Å². The van der Waals surface area contributed by atoms with Crippen molar-refractivity contribution in [2.75, 3.05) is 17.1 Å². The average molecular weight is 358 g/mol. The lowest BCUT2D eigenvalue weighted by molar-refractivity contribution is 0.415. The minimum Gasteiger partial charge on any atom is -0.497 e. The van der Waals surface area contributed by atoms with Crippen molar-refractivity contribution in [3.05, 3.63) is 54.4 Å². The Morgan fingerprint density at radius 2 is 1.84 bits per heavy atom. The van der Waals surface area contributed by atoms with Crippen LogP contribution in [0.4, 0.5) is 11.5 Å². The van der Waals surface area contributed by atoms with Gasteiger partial charge in [0.2, 0.25) is 10.9 Å². The Morgan fingerprint density at radius 1 is 1.08 bits per heavy atom. The van der Waals surface area contributed by atoms with Crippen molar-refractivity contribution in [1.29, 1.82) is 0 Å². The van der Waals surface area contributed by atoms with Gasteiger partial charge in [-0.1, -0.05) is 12.1 Å². The van der Waals surface area contributed by atoms with Gasteiger partial charge in [0.1, 0.15) is 17.9 Å². The van der Waals surface area contributed by atoms with Crippen LogP contribution in [0.25, 0.3) is 10.9 Å². The number of thiol groups is 1. The summed E-state index contributed by atoms with van der Waals surface area (Å²) in [5.74, 6) is 1.47. The van der Waals surface area contributed by atoms with E-state index < -0.39 is 10.9 Å². The van der Waals surface area contributed by atoms with E-state index in [2.05, 4.69) is 20.0 Å². The zero-order valence-electron chi connectivity index (χ0n) is 13.8. The maximum atomic E-state index is 10.7. The highest BCUT2D eigenvalue weighted by Crippen LogP contribution is 2.27. The summed E-state index contributed by atoms with van der Waals surface area (Å²) in [4.78, 5) is 8.60. The number of ether oxygens (including phenoxy) is 1. The summed E-state index contributed by atoms with van der Waals surface area (Å²) in [5.41, 5.74) is 2.33. The molecule has 0 bridgehead atoms. The molecule has 1 atom stereocenters. The van der Waals surface area contributed by atoms with Crippen molar-refractivity contribution in [3.8, 4) is 5.75 Å². The normalized spacial score (nSPS) is 12.1. The largest absolute Gasteiger partial charge is 0.497 e. The number of nitrogens with one attached hydrogen (secondary N) is 2. The van der Waals surface area contributed by atoms with E-state index >= 15 is 0 Å². The predicted octanol–water partition coefficient (Wildman–Crippen LogP) is 2.75. The first-order valence-electron chi connectivity index (χ1n) is 7.63. The molecule has 8 heteroatoms. The zero-order chi connectivity index (χ0) is 17.8. The highest BCUT2D eigenvalue weighted by molar-refractivity contribution is 7.73. The lowest BCUT2D eigenvalue weighted by Gasteiger charge is -2.16. The van der Waals surface area contributed by atoms with Gasteiger partial charge in [0.15, 0.2) is 0 Å². The SMILES string of the molecule is COc1ccc2c(NC(C)c3ccc(N[SH](=O)=O)cc3)ncnc2c1. The molecule has 3 rings (SSSR count). The van der Waals surface area contributed by atoms with Gasteiger partial charge in [-0.15, -0.1) is 0 Å². The van der Waals surface area contributed by atoms with Crippen LogP contribution < -0.4 is 14.8 Å². The van der Waals surface area contributed by atoms with E-state index in [4.69, 9.17) is 4.74 Å². The number of hydrogen-bond acceptors (Lipinski definition) is 6. The summed E-state index contributed by atoms with van der Waals surface area (Å²) < 4.78 is 29.0. The van der Waals surface area contributed by atoms with Gasteiger partial charge in [-0.2, -0.15) is 0 Å². The van der Waals surface area contributed by atoms with Crippen LogP contribution in [0.2, 0.25) is 0 Å². The van der Waals surface area contributed by atoms with E-state index in [9.17, 15) is 8.42 Å². The van der Waals surface area contributed by atoms with Crippen molar-refractivity contribution in [3.63, 3.8) is 0 Å². The van der Waals surface area contributed by atoms with Gasteiger partial charge in [0.05, 0.1) is 12.6 Å². The first kappa shape index (κ1) is 17.0. The number of rotatable bonds is 6. The van der Waals surface area contributed by atoms with E-state index in [1.807, 2.05) is 37.3 Å². The molecule has 2 aromatic carbocycles. The Balaban J connectivity index is 1.83. The van der Waals surface area contributed by atoms with Crippen molar-refractivity contribution >= 4 is 33.3 Å².